The van der Waals surface area contributed by atoms with Gasteiger partial charge in [-0.2, -0.15) is 0 Å². The van der Waals surface area contributed by atoms with Crippen LogP contribution in [0.5, 0.6) is 5.88 Å². The van der Waals surface area contributed by atoms with Crippen LogP contribution in [0.1, 0.15) is 12.0 Å². The quantitative estimate of drug-likeness (QED) is 0.688. The van der Waals surface area contributed by atoms with E-state index in [1.165, 1.54) is 20.3 Å². The molecule has 66 valence electrons. The molecule has 0 aliphatic rings. The van der Waals surface area contributed by atoms with Crippen LogP contribution in [0.4, 0.5) is 0 Å². The van der Waals surface area contributed by atoms with E-state index in [0.29, 0.717) is 5.69 Å². The standard InChI is InChI=1S/C8H11NO3/c1-11-8(12-2)6-4-3-5-7(10)9-6/h3-5,8H,1-2H3,(H,9,10). The number of ether oxygens (including phenoxy) is 2. The molecule has 0 radical (unpaired) electrons. The third-order valence-corrected chi connectivity index (χ3v) is 1.43. The lowest BCUT2D eigenvalue weighted by Gasteiger charge is -2.11. The first-order chi connectivity index (χ1) is 5.77. The van der Waals surface area contributed by atoms with E-state index in [9.17, 15) is 0 Å². The van der Waals surface area contributed by atoms with E-state index in [1.54, 1.807) is 12.1 Å². The summed E-state index contributed by atoms with van der Waals surface area (Å²) in [5.74, 6) is -0.0356. The number of rotatable bonds is 3. The normalized spacial score (nSPS) is 10.6. The summed E-state index contributed by atoms with van der Waals surface area (Å²) in [5, 5.41) is 9.03. The molecule has 0 saturated carbocycles. The zero-order valence-electron chi connectivity index (χ0n) is 7.02. The molecule has 1 heterocycles. The third kappa shape index (κ3) is 1.93. The van der Waals surface area contributed by atoms with Gasteiger partial charge in [0.2, 0.25) is 12.2 Å². The van der Waals surface area contributed by atoms with Gasteiger partial charge in [0.1, 0.15) is 5.69 Å². The van der Waals surface area contributed by atoms with Crippen LogP contribution in [0, 0.1) is 0 Å². The molecule has 1 N–H and O–H groups in total. The topological polar surface area (TPSA) is 51.6 Å². The van der Waals surface area contributed by atoms with Crippen LogP contribution >= 0.6 is 0 Å². The highest BCUT2D eigenvalue weighted by Crippen LogP contribution is 2.16. The van der Waals surface area contributed by atoms with E-state index >= 15 is 0 Å². The number of nitrogens with zero attached hydrogens (tertiary/aromatic N) is 1. The van der Waals surface area contributed by atoms with Crippen molar-refractivity contribution >= 4 is 0 Å². The second kappa shape index (κ2) is 4.04. The van der Waals surface area contributed by atoms with Gasteiger partial charge in [-0.05, 0) is 6.07 Å². The second-order valence-electron chi connectivity index (χ2n) is 2.22. The minimum atomic E-state index is -0.517. The highest BCUT2D eigenvalue weighted by Gasteiger charge is 2.09. The zero-order chi connectivity index (χ0) is 8.97. The Morgan fingerprint density at radius 3 is 2.50 bits per heavy atom. The SMILES string of the molecule is COC(OC)c1cccc(O)n1. The number of aromatic nitrogens is 1. The predicted octanol–water partition coefficient (Wildman–Crippen LogP) is 1.08. The maximum absolute atomic E-state index is 9.03. The minimum absolute atomic E-state index is 0.0356. The molecular formula is C8H11NO3. The van der Waals surface area contributed by atoms with E-state index in [2.05, 4.69) is 4.98 Å². The smallest absolute Gasteiger partial charge is 0.211 e. The van der Waals surface area contributed by atoms with Gasteiger partial charge in [0, 0.05) is 20.3 Å². The average molecular weight is 169 g/mol. The molecule has 1 aromatic rings. The summed E-state index contributed by atoms with van der Waals surface area (Å²) in [6.07, 6.45) is -0.517. The van der Waals surface area contributed by atoms with E-state index in [-0.39, 0.29) is 5.88 Å². The van der Waals surface area contributed by atoms with Crippen molar-refractivity contribution in [2.24, 2.45) is 0 Å². The number of hydrogen-bond acceptors (Lipinski definition) is 4. The minimum Gasteiger partial charge on any atom is -0.493 e. The maximum atomic E-state index is 9.03. The van der Waals surface area contributed by atoms with Gasteiger partial charge in [-0.3, -0.25) is 0 Å². The summed E-state index contributed by atoms with van der Waals surface area (Å²) >= 11 is 0. The number of pyridine rings is 1. The van der Waals surface area contributed by atoms with Gasteiger partial charge in [-0.15, -0.1) is 0 Å². The third-order valence-electron chi connectivity index (χ3n) is 1.43. The summed E-state index contributed by atoms with van der Waals surface area (Å²) in [7, 11) is 3.03. The van der Waals surface area contributed by atoms with E-state index in [4.69, 9.17) is 14.6 Å². The molecule has 0 unspecified atom stereocenters. The molecule has 1 rings (SSSR count). The second-order valence-corrected chi connectivity index (χ2v) is 2.22. The van der Waals surface area contributed by atoms with Gasteiger partial charge >= 0.3 is 0 Å². The van der Waals surface area contributed by atoms with E-state index in [1.807, 2.05) is 0 Å². The monoisotopic (exact) mass is 169 g/mol. The molecule has 1 aromatic heterocycles. The van der Waals surface area contributed by atoms with Crippen LogP contribution in [-0.2, 0) is 9.47 Å². The molecule has 12 heavy (non-hydrogen) atoms. The first-order valence-electron chi connectivity index (χ1n) is 3.49. The Balaban J connectivity index is 2.85. The fraction of sp³-hybridized carbons (Fsp3) is 0.375. The predicted molar refractivity (Wildman–Crippen MR) is 42.7 cm³/mol. The van der Waals surface area contributed by atoms with Crippen LogP contribution in [0.25, 0.3) is 0 Å². The first-order valence-corrected chi connectivity index (χ1v) is 3.49. The van der Waals surface area contributed by atoms with Crippen molar-refractivity contribution in [1.29, 1.82) is 0 Å². The Hall–Kier alpha value is -1.13. The Morgan fingerprint density at radius 1 is 1.33 bits per heavy atom. The molecule has 0 atom stereocenters. The molecule has 0 amide bonds. The molecule has 0 bridgehead atoms. The number of aromatic hydroxyl groups is 1. The van der Waals surface area contributed by atoms with Crippen molar-refractivity contribution in [1.82, 2.24) is 4.98 Å². The van der Waals surface area contributed by atoms with Gasteiger partial charge < -0.3 is 14.6 Å². The van der Waals surface area contributed by atoms with Crippen molar-refractivity contribution in [2.75, 3.05) is 14.2 Å². The Bertz CT molecular complexity index is 248. The van der Waals surface area contributed by atoms with Crippen LogP contribution in [0.2, 0.25) is 0 Å². The lowest BCUT2D eigenvalue weighted by atomic mass is 10.3. The van der Waals surface area contributed by atoms with Gasteiger partial charge in [-0.25, -0.2) is 4.98 Å². The molecule has 0 spiro atoms. The first kappa shape index (κ1) is 8.96. The van der Waals surface area contributed by atoms with Crippen molar-refractivity contribution in [3.8, 4) is 5.88 Å². The highest BCUT2D eigenvalue weighted by molar-refractivity contribution is 5.14. The summed E-state index contributed by atoms with van der Waals surface area (Å²) in [4.78, 5) is 3.82. The van der Waals surface area contributed by atoms with Crippen LogP contribution in [0.15, 0.2) is 18.2 Å². The Kier molecular flexibility index (Phi) is 3.01. The molecule has 0 saturated heterocycles. The zero-order valence-corrected chi connectivity index (χ0v) is 7.02. The molecule has 0 aromatic carbocycles. The maximum Gasteiger partial charge on any atom is 0.211 e. The molecule has 0 fully saturated rings. The van der Waals surface area contributed by atoms with Crippen molar-refractivity contribution in [3.63, 3.8) is 0 Å². The van der Waals surface area contributed by atoms with Gasteiger partial charge in [0.15, 0.2) is 0 Å². The lowest BCUT2D eigenvalue weighted by molar-refractivity contribution is -0.108. The van der Waals surface area contributed by atoms with Crippen LogP contribution < -0.4 is 0 Å². The number of methoxy groups -OCH3 is 2. The van der Waals surface area contributed by atoms with E-state index < -0.39 is 6.29 Å². The fourth-order valence-electron chi connectivity index (χ4n) is 0.909. The largest absolute Gasteiger partial charge is 0.493 e. The van der Waals surface area contributed by atoms with Crippen molar-refractivity contribution in [3.05, 3.63) is 23.9 Å². The van der Waals surface area contributed by atoms with Crippen molar-refractivity contribution in [2.45, 2.75) is 6.29 Å². The number of hydrogen-bond donors (Lipinski definition) is 1. The lowest BCUT2D eigenvalue weighted by Crippen LogP contribution is -2.05. The van der Waals surface area contributed by atoms with Crippen LogP contribution in [0.3, 0.4) is 0 Å². The Labute approximate surface area is 70.8 Å². The molecule has 0 aliphatic carbocycles. The molecule has 4 heteroatoms. The van der Waals surface area contributed by atoms with Crippen molar-refractivity contribution < 1.29 is 14.6 Å². The van der Waals surface area contributed by atoms with E-state index in [0.717, 1.165) is 0 Å². The summed E-state index contributed by atoms with van der Waals surface area (Å²) < 4.78 is 9.89. The average Bonchev–Trinajstić information content (AvgIpc) is 2.07. The summed E-state index contributed by atoms with van der Waals surface area (Å²) in [6.45, 7) is 0. The molecule has 0 aliphatic heterocycles. The highest BCUT2D eigenvalue weighted by atomic mass is 16.7. The Morgan fingerprint density at radius 2 is 2.00 bits per heavy atom. The van der Waals surface area contributed by atoms with Gasteiger partial charge in [0.25, 0.3) is 0 Å². The van der Waals surface area contributed by atoms with Gasteiger partial charge in [-0.1, -0.05) is 6.07 Å². The summed E-state index contributed by atoms with van der Waals surface area (Å²) in [5.41, 5.74) is 0.556. The fourth-order valence-corrected chi connectivity index (χ4v) is 0.909. The van der Waals surface area contributed by atoms with Gasteiger partial charge in [0.05, 0.1) is 0 Å². The van der Waals surface area contributed by atoms with Crippen LogP contribution in [-0.4, -0.2) is 24.3 Å². The summed E-state index contributed by atoms with van der Waals surface area (Å²) in [6, 6.07) is 4.89. The molecule has 4 nitrogen and oxygen atoms in total. The molecular weight excluding hydrogens is 158 g/mol.